The van der Waals surface area contributed by atoms with E-state index in [-0.39, 0.29) is 5.78 Å². The third-order valence-corrected chi connectivity index (χ3v) is 3.93. The van der Waals surface area contributed by atoms with Crippen molar-refractivity contribution < 1.29 is 4.79 Å². The Morgan fingerprint density at radius 2 is 1.95 bits per heavy atom. The van der Waals surface area contributed by atoms with Crippen molar-refractivity contribution in [2.24, 2.45) is 0 Å². The molecule has 0 atom stereocenters. The second kappa shape index (κ2) is 5.70. The normalized spacial score (nSPS) is 17.0. The highest BCUT2D eigenvalue weighted by Gasteiger charge is 2.22. The summed E-state index contributed by atoms with van der Waals surface area (Å²) in [6, 6.07) is 4.47. The molecule has 0 saturated carbocycles. The number of aromatic nitrogens is 1. The Morgan fingerprint density at radius 3 is 2.47 bits per heavy atom. The lowest BCUT2D eigenvalue weighted by atomic mass is 10.0. The zero-order valence-corrected chi connectivity index (χ0v) is 12.3. The van der Waals surface area contributed by atoms with Gasteiger partial charge in [0.1, 0.15) is 11.5 Å². The number of Topliss-reactive ketones (excluding diaryl/α,β-unsaturated/α-hetero) is 1. The summed E-state index contributed by atoms with van der Waals surface area (Å²) in [6.45, 7) is 5.65. The highest BCUT2D eigenvalue weighted by atomic mass is 16.1. The van der Waals surface area contributed by atoms with E-state index in [4.69, 9.17) is 0 Å². The first-order chi connectivity index (χ1) is 8.99. The van der Waals surface area contributed by atoms with Crippen molar-refractivity contribution >= 4 is 11.6 Å². The minimum atomic E-state index is 0.0319. The Kier molecular flexibility index (Phi) is 4.20. The number of aryl methyl sites for hydroxylation is 1. The SMILES string of the molecule is CC(=O)c1ccc(C)c(N2CCC(N(C)C)CC2)n1. The number of rotatable bonds is 3. The number of piperidine rings is 1. The molecule has 2 rings (SSSR count). The number of anilines is 1. The Hall–Kier alpha value is -1.42. The smallest absolute Gasteiger partial charge is 0.178 e. The summed E-state index contributed by atoms with van der Waals surface area (Å²) in [5, 5.41) is 0. The molecule has 0 aliphatic carbocycles. The van der Waals surface area contributed by atoms with Crippen LogP contribution in [0.4, 0.5) is 5.82 Å². The topological polar surface area (TPSA) is 36.4 Å². The van der Waals surface area contributed by atoms with Crippen LogP contribution >= 0.6 is 0 Å². The summed E-state index contributed by atoms with van der Waals surface area (Å²) in [5.41, 5.74) is 1.71. The average Bonchev–Trinajstić information content (AvgIpc) is 2.39. The van der Waals surface area contributed by atoms with Crippen LogP contribution in [0.15, 0.2) is 12.1 Å². The summed E-state index contributed by atoms with van der Waals surface area (Å²) in [6.07, 6.45) is 2.30. The number of hydrogen-bond acceptors (Lipinski definition) is 4. The Morgan fingerprint density at radius 1 is 1.32 bits per heavy atom. The fraction of sp³-hybridized carbons (Fsp3) is 0.600. The quantitative estimate of drug-likeness (QED) is 0.781. The predicted octanol–water partition coefficient (Wildman–Crippen LogP) is 2.12. The van der Waals surface area contributed by atoms with Gasteiger partial charge in [-0.25, -0.2) is 4.98 Å². The highest BCUT2D eigenvalue weighted by Crippen LogP contribution is 2.23. The van der Waals surface area contributed by atoms with Crippen LogP contribution in [0.2, 0.25) is 0 Å². The van der Waals surface area contributed by atoms with Gasteiger partial charge in [-0.05, 0) is 45.5 Å². The van der Waals surface area contributed by atoms with Gasteiger partial charge < -0.3 is 9.80 Å². The van der Waals surface area contributed by atoms with Crippen molar-refractivity contribution in [3.63, 3.8) is 0 Å². The number of pyridine rings is 1. The first kappa shape index (κ1) is 14.0. The summed E-state index contributed by atoms with van der Waals surface area (Å²) in [4.78, 5) is 20.6. The molecule has 19 heavy (non-hydrogen) atoms. The number of carbonyl (C=O) groups excluding carboxylic acids is 1. The van der Waals surface area contributed by atoms with E-state index in [1.165, 1.54) is 0 Å². The van der Waals surface area contributed by atoms with Crippen LogP contribution in [0.5, 0.6) is 0 Å². The van der Waals surface area contributed by atoms with Crippen molar-refractivity contribution in [2.75, 3.05) is 32.1 Å². The van der Waals surface area contributed by atoms with Crippen LogP contribution in [0.25, 0.3) is 0 Å². The molecule has 104 valence electrons. The molecule has 4 nitrogen and oxygen atoms in total. The molecular weight excluding hydrogens is 238 g/mol. The van der Waals surface area contributed by atoms with E-state index in [0.717, 1.165) is 37.3 Å². The van der Waals surface area contributed by atoms with Crippen LogP contribution in [-0.2, 0) is 0 Å². The van der Waals surface area contributed by atoms with Crippen molar-refractivity contribution in [3.05, 3.63) is 23.4 Å². The monoisotopic (exact) mass is 261 g/mol. The van der Waals surface area contributed by atoms with Gasteiger partial charge in [-0.3, -0.25) is 4.79 Å². The van der Waals surface area contributed by atoms with Gasteiger partial charge in [0.25, 0.3) is 0 Å². The van der Waals surface area contributed by atoms with Gasteiger partial charge >= 0.3 is 0 Å². The molecule has 1 fully saturated rings. The fourth-order valence-electron chi connectivity index (χ4n) is 2.63. The molecule has 0 bridgehead atoms. The lowest BCUT2D eigenvalue weighted by Gasteiger charge is -2.36. The molecule has 0 amide bonds. The van der Waals surface area contributed by atoms with E-state index in [1.807, 2.05) is 12.1 Å². The minimum absolute atomic E-state index is 0.0319. The maximum Gasteiger partial charge on any atom is 0.178 e. The van der Waals surface area contributed by atoms with E-state index in [0.29, 0.717) is 11.7 Å². The van der Waals surface area contributed by atoms with Gasteiger partial charge in [0, 0.05) is 26.1 Å². The molecule has 0 spiro atoms. The van der Waals surface area contributed by atoms with Gasteiger partial charge in [0.2, 0.25) is 0 Å². The zero-order valence-electron chi connectivity index (χ0n) is 12.3. The average molecular weight is 261 g/mol. The molecule has 1 saturated heterocycles. The lowest BCUT2D eigenvalue weighted by Crippen LogP contribution is -2.42. The molecule has 0 radical (unpaired) electrons. The van der Waals surface area contributed by atoms with Crippen LogP contribution in [-0.4, -0.2) is 48.9 Å². The van der Waals surface area contributed by atoms with Gasteiger partial charge in [-0.2, -0.15) is 0 Å². The second-order valence-electron chi connectivity index (χ2n) is 5.58. The van der Waals surface area contributed by atoms with Gasteiger partial charge in [-0.1, -0.05) is 6.07 Å². The van der Waals surface area contributed by atoms with E-state index in [1.54, 1.807) is 6.92 Å². The number of carbonyl (C=O) groups is 1. The van der Waals surface area contributed by atoms with Gasteiger partial charge in [0.05, 0.1) is 0 Å². The van der Waals surface area contributed by atoms with Crippen LogP contribution in [0, 0.1) is 6.92 Å². The number of ketones is 1. The molecule has 2 heterocycles. The van der Waals surface area contributed by atoms with E-state index >= 15 is 0 Å². The lowest BCUT2D eigenvalue weighted by molar-refractivity contribution is 0.101. The molecule has 1 aromatic rings. The third kappa shape index (κ3) is 3.13. The summed E-state index contributed by atoms with van der Waals surface area (Å²) >= 11 is 0. The van der Waals surface area contributed by atoms with E-state index in [2.05, 4.69) is 35.8 Å². The standard InChI is InChI=1S/C15H23N3O/c1-11-5-6-14(12(2)19)16-15(11)18-9-7-13(8-10-18)17(3)4/h5-6,13H,7-10H2,1-4H3. The molecule has 1 aliphatic rings. The van der Waals surface area contributed by atoms with Crippen LogP contribution < -0.4 is 4.90 Å². The summed E-state index contributed by atoms with van der Waals surface area (Å²) in [5.74, 6) is 1.01. The molecule has 4 heteroatoms. The second-order valence-corrected chi connectivity index (χ2v) is 5.58. The molecule has 0 N–H and O–H groups in total. The van der Waals surface area contributed by atoms with Crippen molar-refractivity contribution in [1.82, 2.24) is 9.88 Å². The maximum absolute atomic E-state index is 11.4. The largest absolute Gasteiger partial charge is 0.356 e. The minimum Gasteiger partial charge on any atom is -0.356 e. The Labute approximate surface area is 115 Å². The fourth-order valence-corrected chi connectivity index (χ4v) is 2.63. The molecule has 1 aliphatic heterocycles. The van der Waals surface area contributed by atoms with Crippen molar-refractivity contribution in [2.45, 2.75) is 32.7 Å². The number of nitrogens with zero attached hydrogens (tertiary/aromatic N) is 3. The van der Waals surface area contributed by atoms with Crippen LogP contribution in [0.3, 0.4) is 0 Å². The summed E-state index contributed by atoms with van der Waals surface area (Å²) in [7, 11) is 4.28. The summed E-state index contributed by atoms with van der Waals surface area (Å²) < 4.78 is 0. The highest BCUT2D eigenvalue weighted by molar-refractivity contribution is 5.92. The first-order valence-corrected chi connectivity index (χ1v) is 6.89. The molecule has 0 unspecified atom stereocenters. The third-order valence-electron chi connectivity index (χ3n) is 3.93. The predicted molar refractivity (Wildman–Crippen MR) is 77.9 cm³/mol. The Bertz CT molecular complexity index is 462. The zero-order chi connectivity index (χ0) is 14.0. The van der Waals surface area contributed by atoms with E-state index in [9.17, 15) is 4.79 Å². The maximum atomic E-state index is 11.4. The van der Waals surface area contributed by atoms with Crippen molar-refractivity contribution in [3.8, 4) is 0 Å². The first-order valence-electron chi connectivity index (χ1n) is 6.89. The van der Waals surface area contributed by atoms with Crippen molar-refractivity contribution in [1.29, 1.82) is 0 Å². The van der Waals surface area contributed by atoms with Crippen LogP contribution in [0.1, 0.15) is 35.8 Å². The molecule has 1 aromatic heterocycles. The Balaban J connectivity index is 2.15. The molecular formula is C15H23N3O. The van der Waals surface area contributed by atoms with Gasteiger partial charge in [0.15, 0.2) is 5.78 Å². The van der Waals surface area contributed by atoms with Gasteiger partial charge in [-0.15, -0.1) is 0 Å². The molecule has 0 aromatic carbocycles. The van der Waals surface area contributed by atoms with E-state index < -0.39 is 0 Å². The number of hydrogen-bond donors (Lipinski definition) is 0.